The van der Waals surface area contributed by atoms with Crippen LogP contribution in [0.1, 0.15) is 36.4 Å². The van der Waals surface area contributed by atoms with Gasteiger partial charge in [-0.05, 0) is 55.0 Å². The Labute approximate surface area is 175 Å². The molecule has 0 spiro atoms. The van der Waals surface area contributed by atoms with Gasteiger partial charge < -0.3 is 9.72 Å². The minimum Gasteiger partial charge on any atom is -0.381 e. The van der Waals surface area contributed by atoms with Gasteiger partial charge in [0.2, 0.25) is 0 Å². The summed E-state index contributed by atoms with van der Waals surface area (Å²) >= 11 is 0. The highest BCUT2D eigenvalue weighted by Crippen LogP contribution is 2.36. The van der Waals surface area contributed by atoms with Crippen molar-refractivity contribution < 1.29 is 17.5 Å². The van der Waals surface area contributed by atoms with Crippen LogP contribution in [-0.4, -0.2) is 42.8 Å². The number of aromatic amines is 1. The van der Waals surface area contributed by atoms with Crippen LogP contribution in [0.3, 0.4) is 0 Å². The Morgan fingerprint density at radius 3 is 2.67 bits per heavy atom. The van der Waals surface area contributed by atoms with E-state index in [1.54, 1.807) is 24.7 Å². The second-order valence-corrected chi connectivity index (χ2v) is 9.71. The quantitative estimate of drug-likeness (QED) is 0.641. The number of aromatic nitrogens is 3. The molecular formula is C22H24FN3O3S. The van der Waals surface area contributed by atoms with Crippen molar-refractivity contribution in [3.8, 4) is 11.4 Å². The summed E-state index contributed by atoms with van der Waals surface area (Å²) < 4.78 is 43.7. The minimum absolute atomic E-state index is 0.0957. The topological polar surface area (TPSA) is 84.9 Å². The molecule has 8 heteroatoms. The van der Waals surface area contributed by atoms with E-state index in [1.807, 2.05) is 12.1 Å². The zero-order valence-electron chi connectivity index (χ0n) is 16.7. The second kappa shape index (κ2) is 8.65. The number of H-pyrrole nitrogens is 1. The van der Waals surface area contributed by atoms with Crippen molar-refractivity contribution in [2.24, 2.45) is 5.92 Å². The van der Waals surface area contributed by atoms with Crippen LogP contribution in [0, 0.1) is 11.7 Å². The van der Waals surface area contributed by atoms with E-state index in [9.17, 15) is 12.8 Å². The zero-order valence-corrected chi connectivity index (χ0v) is 17.5. The Kier molecular flexibility index (Phi) is 5.97. The van der Waals surface area contributed by atoms with E-state index in [1.165, 1.54) is 12.1 Å². The fourth-order valence-electron chi connectivity index (χ4n) is 4.00. The lowest BCUT2D eigenvalue weighted by molar-refractivity contribution is 0.0626. The van der Waals surface area contributed by atoms with Crippen LogP contribution in [0.4, 0.5) is 4.39 Å². The number of ether oxygens (including phenoxy) is 1. The molecule has 1 saturated heterocycles. The first-order valence-corrected chi connectivity index (χ1v) is 11.8. The Morgan fingerprint density at radius 1 is 1.20 bits per heavy atom. The van der Waals surface area contributed by atoms with Crippen molar-refractivity contribution in [1.29, 1.82) is 0 Å². The van der Waals surface area contributed by atoms with Gasteiger partial charge in [-0.25, -0.2) is 12.8 Å². The van der Waals surface area contributed by atoms with Gasteiger partial charge in [-0.2, -0.15) is 0 Å². The maximum atomic E-state index is 14.6. The monoisotopic (exact) mass is 429 g/mol. The van der Waals surface area contributed by atoms with Crippen LogP contribution in [0.15, 0.2) is 53.8 Å². The summed E-state index contributed by atoms with van der Waals surface area (Å²) in [6, 6.07) is 8.35. The molecule has 3 aromatic rings. The van der Waals surface area contributed by atoms with E-state index in [0.29, 0.717) is 5.92 Å². The smallest absolute Gasteiger partial charge is 0.178 e. The molecule has 3 heterocycles. The Hall–Kier alpha value is -2.58. The minimum atomic E-state index is -3.61. The molecule has 1 fully saturated rings. The van der Waals surface area contributed by atoms with Crippen LogP contribution < -0.4 is 0 Å². The molecule has 0 radical (unpaired) electrons. The summed E-state index contributed by atoms with van der Waals surface area (Å²) in [6.07, 6.45) is 8.69. The van der Waals surface area contributed by atoms with Gasteiger partial charge >= 0.3 is 0 Å². The largest absolute Gasteiger partial charge is 0.381 e. The standard InChI is InChI=1S/C22H24FN3O3S/c1-30(27,28)22-5-2-16(13-18(22)23)17(12-15-6-10-29-11-7-15)19-3-4-20(26-19)21-14-24-8-9-25-21/h2-5,8-9,13-15,17,26H,6-7,10-12H2,1H3. The van der Waals surface area contributed by atoms with E-state index in [-0.39, 0.29) is 10.8 Å². The van der Waals surface area contributed by atoms with Crippen molar-refractivity contribution in [3.63, 3.8) is 0 Å². The molecule has 4 rings (SSSR count). The molecule has 30 heavy (non-hydrogen) atoms. The van der Waals surface area contributed by atoms with Crippen LogP contribution in [0.2, 0.25) is 0 Å². The van der Waals surface area contributed by atoms with Gasteiger partial charge in [0.05, 0.1) is 11.9 Å². The fourth-order valence-corrected chi connectivity index (χ4v) is 4.72. The molecule has 0 bridgehead atoms. The average molecular weight is 430 g/mol. The average Bonchev–Trinajstić information content (AvgIpc) is 3.22. The summed E-state index contributed by atoms with van der Waals surface area (Å²) in [7, 11) is -3.61. The predicted octanol–water partition coefficient (Wildman–Crippen LogP) is 3.96. The van der Waals surface area contributed by atoms with Crippen molar-refractivity contribution in [3.05, 3.63) is 66.0 Å². The molecular weight excluding hydrogens is 405 g/mol. The van der Waals surface area contributed by atoms with Gasteiger partial charge in [0.15, 0.2) is 9.84 Å². The van der Waals surface area contributed by atoms with Crippen molar-refractivity contribution in [2.45, 2.75) is 30.1 Å². The third-order valence-electron chi connectivity index (χ3n) is 5.59. The molecule has 1 unspecified atom stereocenters. The summed E-state index contributed by atoms with van der Waals surface area (Å²) in [5, 5.41) is 0. The van der Waals surface area contributed by atoms with E-state index in [2.05, 4.69) is 15.0 Å². The molecule has 158 valence electrons. The molecule has 2 aromatic heterocycles. The SMILES string of the molecule is CS(=O)(=O)c1ccc(C(CC2CCOCC2)c2ccc(-c3cnccn3)[nH]2)cc1F. The third kappa shape index (κ3) is 4.60. The van der Waals surface area contributed by atoms with Crippen molar-refractivity contribution in [1.82, 2.24) is 15.0 Å². The van der Waals surface area contributed by atoms with Gasteiger partial charge in [0, 0.05) is 43.5 Å². The second-order valence-electron chi connectivity index (χ2n) is 7.72. The van der Waals surface area contributed by atoms with Gasteiger partial charge in [-0.1, -0.05) is 6.07 Å². The first kappa shape index (κ1) is 20.7. The normalized spacial score (nSPS) is 16.5. The maximum absolute atomic E-state index is 14.6. The maximum Gasteiger partial charge on any atom is 0.178 e. The van der Waals surface area contributed by atoms with Gasteiger partial charge in [0.1, 0.15) is 16.4 Å². The number of halogens is 1. The van der Waals surface area contributed by atoms with Crippen molar-refractivity contribution in [2.75, 3.05) is 19.5 Å². The number of nitrogens with one attached hydrogen (secondary N) is 1. The first-order chi connectivity index (χ1) is 14.4. The highest BCUT2D eigenvalue weighted by molar-refractivity contribution is 7.90. The fraction of sp³-hybridized carbons (Fsp3) is 0.364. The number of nitrogens with zero attached hydrogens (tertiary/aromatic N) is 2. The molecule has 1 atom stereocenters. The van der Waals surface area contributed by atoms with E-state index in [4.69, 9.17) is 4.74 Å². The molecule has 0 amide bonds. The van der Waals surface area contributed by atoms with Crippen LogP contribution in [-0.2, 0) is 14.6 Å². The number of rotatable bonds is 6. The first-order valence-electron chi connectivity index (χ1n) is 9.94. The molecule has 1 aliphatic rings. The number of hydrogen-bond acceptors (Lipinski definition) is 5. The highest BCUT2D eigenvalue weighted by atomic mass is 32.2. The summed E-state index contributed by atoms with van der Waals surface area (Å²) in [5.74, 6) is -0.362. The summed E-state index contributed by atoms with van der Waals surface area (Å²) in [6.45, 7) is 1.46. The van der Waals surface area contributed by atoms with Crippen LogP contribution in [0.25, 0.3) is 11.4 Å². The molecule has 0 aliphatic carbocycles. The number of benzene rings is 1. The van der Waals surface area contributed by atoms with E-state index >= 15 is 0 Å². The van der Waals surface area contributed by atoms with E-state index in [0.717, 1.165) is 61.4 Å². The molecule has 1 N–H and O–H groups in total. The summed E-state index contributed by atoms with van der Waals surface area (Å²) in [5.41, 5.74) is 3.25. The zero-order chi connectivity index (χ0) is 21.1. The van der Waals surface area contributed by atoms with E-state index < -0.39 is 15.7 Å². The highest BCUT2D eigenvalue weighted by Gasteiger charge is 2.25. The lowest BCUT2D eigenvalue weighted by atomic mass is 9.83. The summed E-state index contributed by atoms with van der Waals surface area (Å²) in [4.78, 5) is 11.6. The lowest BCUT2D eigenvalue weighted by Gasteiger charge is -2.27. The van der Waals surface area contributed by atoms with Crippen molar-refractivity contribution >= 4 is 9.84 Å². The molecule has 1 aromatic carbocycles. The molecule has 0 saturated carbocycles. The molecule has 6 nitrogen and oxygen atoms in total. The Balaban J connectivity index is 1.70. The van der Waals surface area contributed by atoms with Crippen LogP contribution in [0.5, 0.6) is 0 Å². The number of hydrogen-bond donors (Lipinski definition) is 1. The van der Waals surface area contributed by atoms with Crippen LogP contribution >= 0.6 is 0 Å². The predicted molar refractivity (Wildman–Crippen MR) is 111 cm³/mol. The van der Waals surface area contributed by atoms with Gasteiger partial charge in [-0.3, -0.25) is 9.97 Å². The van der Waals surface area contributed by atoms with Gasteiger partial charge in [-0.15, -0.1) is 0 Å². The lowest BCUT2D eigenvalue weighted by Crippen LogP contribution is -2.19. The molecule has 1 aliphatic heterocycles. The third-order valence-corrected chi connectivity index (χ3v) is 6.72. The Bertz CT molecular complexity index is 1110. The van der Waals surface area contributed by atoms with Gasteiger partial charge in [0.25, 0.3) is 0 Å². The number of sulfone groups is 1. The Morgan fingerprint density at radius 2 is 2.00 bits per heavy atom.